The van der Waals surface area contributed by atoms with E-state index in [1.54, 1.807) is 6.33 Å². The van der Waals surface area contributed by atoms with Gasteiger partial charge < -0.3 is 16.0 Å². The van der Waals surface area contributed by atoms with Gasteiger partial charge in [0, 0.05) is 18.7 Å². The fourth-order valence-electron chi connectivity index (χ4n) is 2.30. The van der Waals surface area contributed by atoms with E-state index in [0.717, 1.165) is 37.2 Å². The molecule has 3 N–H and O–H groups in total. The highest BCUT2D eigenvalue weighted by atomic mass is 15.1. The first-order chi connectivity index (χ1) is 8.90. The summed E-state index contributed by atoms with van der Waals surface area (Å²) in [6.45, 7) is 3.30. The standard InChI is InChI=1S/C13H21N5/c1-2-11(1)18-13-7-12(16-9-17-13)15-8-10-3-5-14-6-4-10/h7,9-11,14H,1-6,8H2,(H2,15,16,17,18). The van der Waals surface area contributed by atoms with Crippen LogP contribution in [0.1, 0.15) is 25.7 Å². The average Bonchev–Trinajstić information content (AvgIpc) is 3.22. The van der Waals surface area contributed by atoms with Gasteiger partial charge in [0.25, 0.3) is 0 Å². The second kappa shape index (κ2) is 5.52. The minimum absolute atomic E-state index is 0.636. The molecular formula is C13H21N5. The summed E-state index contributed by atoms with van der Waals surface area (Å²) in [7, 11) is 0. The van der Waals surface area contributed by atoms with Crippen molar-refractivity contribution >= 4 is 11.6 Å². The van der Waals surface area contributed by atoms with Crippen molar-refractivity contribution in [2.45, 2.75) is 31.7 Å². The molecule has 0 bridgehead atoms. The SMILES string of the molecule is c1nc(NCC2CCNCC2)cc(NC2CC2)n1. The number of aromatic nitrogens is 2. The van der Waals surface area contributed by atoms with Crippen LogP contribution in [0.5, 0.6) is 0 Å². The van der Waals surface area contributed by atoms with Gasteiger partial charge in [0.2, 0.25) is 0 Å². The Balaban J connectivity index is 1.51. The number of rotatable bonds is 5. The van der Waals surface area contributed by atoms with Crippen LogP contribution in [0, 0.1) is 5.92 Å². The van der Waals surface area contributed by atoms with Gasteiger partial charge in [0.1, 0.15) is 18.0 Å². The van der Waals surface area contributed by atoms with Crippen molar-refractivity contribution in [2.24, 2.45) is 5.92 Å². The molecule has 0 atom stereocenters. The van der Waals surface area contributed by atoms with Crippen LogP contribution in [-0.2, 0) is 0 Å². The summed E-state index contributed by atoms with van der Waals surface area (Å²) in [4.78, 5) is 8.52. The molecule has 5 heteroatoms. The molecule has 2 heterocycles. The van der Waals surface area contributed by atoms with E-state index in [-0.39, 0.29) is 0 Å². The van der Waals surface area contributed by atoms with E-state index < -0.39 is 0 Å². The van der Waals surface area contributed by atoms with Gasteiger partial charge in [0.05, 0.1) is 0 Å². The second-order valence-corrected chi connectivity index (χ2v) is 5.28. The Morgan fingerprint density at radius 1 is 1.11 bits per heavy atom. The minimum Gasteiger partial charge on any atom is -0.370 e. The Hall–Kier alpha value is -1.36. The molecule has 0 amide bonds. The van der Waals surface area contributed by atoms with Gasteiger partial charge >= 0.3 is 0 Å². The van der Waals surface area contributed by atoms with Gasteiger partial charge in [-0.3, -0.25) is 0 Å². The lowest BCUT2D eigenvalue weighted by atomic mass is 9.98. The molecule has 1 aromatic heterocycles. The summed E-state index contributed by atoms with van der Waals surface area (Å²) < 4.78 is 0. The molecule has 3 rings (SSSR count). The van der Waals surface area contributed by atoms with Gasteiger partial charge in [-0.2, -0.15) is 0 Å². The van der Waals surface area contributed by atoms with Crippen LogP contribution in [0.25, 0.3) is 0 Å². The fraction of sp³-hybridized carbons (Fsp3) is 0.692. The van der Waals surface area contributed by atoms with Crippen LogP contribution in [-0.4, -0.2) is 35.6 Å². The van der Waals surface area contributed by atoms with Crippen molar-refractivity contribution in [1.82, 2.24) is 15.3 Å². The normalized spacial score (nSPS) is 20.7. The van der Waals surface area contributed by atoms with E-state index >= 15 is 0 Å². The first-order valence-corrected chi connectivity index (χ1v) is 6.93. The van der Waals surface area contributed by atoms with Gasteiger partial charge in [-0.05, 0) is 44.7 Å². The minimum atomic E-state index is 0.636. The Morgan fingerprint density at radius 3 is 2.67 bits per heavy atom. The lowest BCUT2D eigenvalue weighted by Gasteiger charge is -2.22. The van der Waals surface area contributed by atoms with Crippen molar-refractivity contribution in [3.63, 3.8) is 0 Å². The van der Waals surface area contributed by atoms with Crippen LogP contribution in [0.15, 0.2) is 12.4 Å². The zero-order valence-electron chi connectivity index (χ0n) is 10.7. The largest absolute Gasteiger partial charge is 0.370 e. The Morgan fingerprint density at radius 2 is 1.89 bits per heavy atom. The molecule has 1 saturated heterocycles. The predicted octanol–water partition coefficient (Wildman–Crippen LogP) is 1.46. The molecule has 5 nitrogen and oxygen atoms in total. The molecule has 2 fully saturated rings. The second-order valence-electron chi connectivity index (χ2n) is 5.28. The molecule has 0 radical (unpaired) electrons. The van der Waals surface area contributed by atoms with Crippen LogP contribution in [0.2, 0.25) is 0 Å². The molecule has 0 aromatic carbocycles. The first kappa shape index (κ1) is 11.7. The van der Waals surface area contributed by atoms with Crippen molar-refractivity contribution in [2.75, 3.05) is 30.3 Å². The van der Waals surface area contributed by atoms with Crippen molar-refractivity contribution in [1.29, 1.82) is 0 Å². The van der Waals surface area contributed by atoms with Crippen LogP contribution in [0.3, 0.4) is 0 Å². The van der Waals surface area contributed by atoms with Crippen LogP contribution >= 0.6 is 0 Å². The Kier molecular flexibility index (Phi) is 3.59. The zero-order chi connectivity index (χ0) is 12.2. The maximum atomic E-state index is 4.27. The summed E-state index contributed by atoms with van der Waals surface area (Å²) in [5, 5.41) is 10.2. The number of nitrogens with one attached hydrogen (secondary N) is 3. The van der Waals surface area contributed by atoms with E-state index in [2.05, 4.69) is 25.9 Å². The number of hydrogen-bond acceptors (Lipinski definition) is 5. The highest BCUT2D eigenvalue weighted by molar-refractivity contribution is 5.47. The molecule has 0 spiro atoms. The number of anilines is 2. The third-order valence-corrected chi connectivity index (χ3v) is 3.63. The van der Waals surface area contributed by atoms with Crippen LogP contribution < -0.4 is 16.0 Å². The van der Waals surface area contributed by atoms with Gasteiger partial charge in [0.15, 0.2) is 0 Å². The number of piperidine rings is 1. The van der Waals surface area contributed by atoms with Gasteiger partial charge in [-0.1, -0.05) is 0 Å². The first-order valence-electron chi connectivity index (χ1n) is 6.93. The van der Waals surface area contributed by atoms with Crippen molar-refractivity contribution in [3.8, 4) is 0 Å². The van der Waals surface area contributed by atoms with E-state index in [1.165, 1.54) is 25.7 Å². The third-order valence-electron chi connectivity index (χ3n) is 3.63. The molecular weight excluding hydrogens is 226 g/mol. The van der Waals surface area contributed by atoms with E-state index in [9.17, 15) is 0 Å². The van der Waals surface area contributed by atoms with Crippen LogP contribution in [0.4, 0.5) is 11.6 Å². The number of nitrogens with zero attached hydrogens (tertiary/aromatic N) is 2. The highest BCUT2D eigenvalue weighted by Gasteiger charge is 2.21. The Bertz CT molecular complexity index is 385. The fourth-order valence-corrected chi connectivity index (χ4v) is 2.30. The third kappa shape index (κ3) is 3.32. The predicted molar refractivity (Wildman–Crippen MR) is 72.8 cm³/mol. The molecule has 1 aliphatic heterocycles. The Labute approximate surface area is 108 Å². The maximum Gasteiger partial charge on any atom is 0.131 e. The zero-order valence-corrected chi connectivity index (χ0v) is 10.7. The number of hydrogen-bond donors (Lipinski definition) is 3. The van der Waals surface area contributed by atoms with E-state index in [0.29, 0.717) is 6.04 Å². The summed E-state index contributed by atoms with van der Waals surface area (Å²) in [6.07, 6.45) is 6.68. The topological polar surface area (TPSA) is 61.9 Å². The average molecular weight is 247 g/mol. The lowest BCUT2D eigenvalue weighted by molar-refractivity contribution is 0.389. The summed E-state index contributed by atoms with van der Waals surface area (Å²) in [5.41, 5.74) is 0. The summed E-state index contributed by atoms with van der Waals surface area (Å²) >= 11 is 0. The molecule has 1 saturated carbocycles. The van der Waals surface area contributed by atoms with Crippen molar-refractivity contribution in [3.05, 3.63) is 12.4 Å². The quantitative estimate of drug-likeness (QED) is 0.735. The van der Waals surface area contributed by atoms with Gasteiger partial charge in [-0.15, -0.1) is 0 Å². The van der Waals surface area contributed by atoms with Crippen molar-refractivity contribution < 1.29 is 0 Å². The molecule has 98 valence electrons. The molecule has 0 unspecified atom stereocenters. The summed E-state index contributed by atoms with van der Waals surface area (Å²) in [5.74, 6) is 2.65. The smallest absolute Gasteiger partial charge is 0.131 e. The molecule has 18 heavy (non-hydrogen) atoms. The monoisotopic (exact) mass is 247 g/mol. The van der Waals surface area contributed by atoms with E-state index in [4.69, 9.17) is 0 Å². The van der Waals surface area contributed by atoms with Gasteiger partial charge in [-0.25, -0.2) is 9.97 Å². The summed E-state index contributed by atoms with van der Waals surface area (Å²) in [6, 6.07) is 2.65. The highest BCUT2D eigenvalue weighted by Crippen LogP contribution is 2.24. The molecule has 1 aromatic rings. The van der Waals surface area contributed by atoms with E-state index in [1.807, 2.05) is 6.07 Å². The molecule has 1 aliphatic carbocycles. The lowest BCUT2D eigenvalue weighted by Crippen LogP contribution is -2.31. The molecule has 2 aliphatic rings. The maximum absolute atomic E-state index is 4.27.